The van der Waals surface area contributed by atoms with Crippen molar-refractivity contribution < 1.29 is 14.6 Å². The van der Waals surface area contributed by atoms with Crippen LogP contribution in [0.5, 0.6) is 0 Å². The average Bonchev–Trinajstić information content (AvgIpc) is 3.26. The van der Waals surface area contributed by atoms with Crippen LogP contribution >= 0.6 is 0 Å². The van der Waals surface area contributed by atoms with Crippen LogP contribution in [0, 0.1) is 46.3 Å². The quantitative estimate of drug-likeness (QED) is 0.199. The molecule has 4 aliphatic carbocycles. The first-order valence-corrected chi connectivity index (χ1v) is 16.1. The number of nitrogens with one attached hydrogen (secondary N) is 2. The molecule has 4 rings (SSSR count). The van der Waals surface area contributed by atoms with Crippen molar-refractivity contribution in [2.75, 3.05) is 33.3 Å². The summed E-state index contributed by atoms with van der Waals surface area (Å²) >= 11 is 0. The van der Waals surface area contributed by atoms with E-state index in [1.807, 2.05) is 0 Å². The summed E-state index contributed by atoms with van der Waals surface area (Å²) in [6.45, 7) is 11.5. The second-order valence-corrected chi connectivity index (χ2v) is 14.1. The molecule has 6 heteroatoms. The minimum Gasteiger partial charge on any atom is -0.469 e. The van der Waals surface area contributed by atoms with Crippen molar-refractivity contribution in [3.63, 3.8) is 0 Å². The summed E-state index contributed by atoms with van der Waals surface area (Å²) in [7, 11) is 1.49. The van der Waals surface area contributed by atoms with Gasteiger partial charge in [0.1, 0.15) is 0 Å². The summed E-state index contributed by atoms with van der Waals surface area (Å²) in [5, 5.41) is 19.1. The zero-order valence-electron chi connectivity index (χ0n) is 25.0. The molecule has 0 aromatic rings. The number of methoxy groups -OCH3 is 1. The highest BCUT2D eigenvalue weighted by molar-refractivity contribution is 5.69. The first kappa shape index (κ1) is 30.3. The van der Waals surface area contributed by atoms with Crippen molar-refractivity contribution >= 4 is 5.97 Å². The summed E-state index contributed by atoms with van der Waals surface area (Å²) < 4.78 is 4.91. The molecule has 38 heavy (non-hydrogen) atoms. The van der Waals surface area contributed by atoms with E-state index in [4.69, 9.17) is 10.5 Å². The molecule has 0 bridgehead atoms. The van der Waals surface area contributed by atoms with Gasteiger partial charge in [0.25, 0.3) is 0 Å². The van der Waals surface area contributed by atoms with Crippen LogP contribution in [-0.4, -0.2) is 56.5 Å². The van der Waals surface area contributed by atoms with Crippen molar-refractivity contribution in [1.29, 1.82) is 0 Å². The van der Waals surface area contributed by atoms with Gasteiger partial charge >= 0.3 is 5.97 Å². The molecule has 4 aliphatic rings. The maximum absolute atomic E-state index is 11.8. The summed E-state index contributed by atoms with van der Waals surface area (Å²) in [5.41, 5.74) is 6.26. The van der Waals surface area contributed by atoms with Crippen LogP contribution in [0.2, 0.25) is 0 Å². The third kappa shape index (κ3) is 6.29. The predicted octanol–water partition coefficient (Wildman–Crippen LogP) is 4.88. The highest BCUT2D eigenvalue weighted by atomic mass is 16.5. The standard InChI is InChI=1S/C32H59N3O3/c1-22(8-11-29(37)38-4)25-9-10-26-30-27(13-15-32(25,26)3)31(2)14-12-24(20-23(31)21-28(30)36)35-19-7-18-34-17-6-5-16-33/h22-28,30,34-36H,5-21,33H2,1-4H3/t22?,23-,24-,25+,26?,27?,28+,30?,31-,32+/m0/s1. The van der Waals surface area contributed by atoms with Crippen LogP contribution in [0.4, 0.5) is 0 Å². The number of esters is 1. The van der Waals surface area contributed by atoms with Gasteiger partial charge in [0.05, 0.1) is 13.2 Å². The van der Waals surface area contributed by atoms with Gasteiger partial charge in [0, 0.05) is 12.5 Å². The number of aliphatic hydroxyl groups is 1. The topological polar surface area (TPSA) is 96.6 Å². The summed E-state index contributed by atoms with van der Waals surface area (Å²) in [4.78, 5) is 11.8. The molecule has 0 heterocycles. The van der Waals surface area contributed by atoms with Gasteiger partial charge in [-0.2, -0.15) is 0 Å². The van der Waals surface area contributed by atoms with E-state index in [2.05, 4.69) is 31.4 Å². The Morgan fingerprint density at radius 1 is 1.00 bits per heavy atom. The van der Waals surface area contributed by atoms with Gasteiger partial charge in [-0.25, -0.2) is 0 Å². The Labute approximate surface area is 233 Å². The minimum atomic E-state index is -0.150. The molecule has 5 N–H and O–H groups in total. The van der Waals surface area contributed by atoms with Crippen molar-refractivity contribution in [3.8, 4) is 0 Å². The Bertz CT molecular complexity index is 764. The van der Waals surface area contributed by atoms with Gasteiger partial charge in [-0.15, -0.1) is 0 Å². The zero-order chi connectivity index (χ0) is 27.3. The monoisotopic (exact) mass is 533 g/mol. The second kappa shape index (κ2) is 13.3. The van der Waals surface area contributed by atoms with E-state index in [0.29, 0.717) is 58.8 Å². The Morgan fingerprint density at radius 3 is 2.50 bits per heavy atom. The number of hydrogen-bond donors (Lipinski definition) is 4. The molecule has 220 valence electrons. The van der Waals surface area contributed by atoms with Crippen LogP contribution in [0.15, 0.2) is 0 Å². The van der Waals surface area contributed by atoms with Gasteiger partial charge < -0.3 is 26.2 Å². The molecule has 10 atom stereocenters. The Hall–Kier alpha value is -0.690. The van der Waals surface area contributed by atoms with E-state index in [-0.39, 0.29) is 12.1 Å². The van der Waals surface area contributed by atoms with Gasteiger partial charge in [0.15, 0.2) is 0 Å². The molecule has 4 fully saturated rings. The predicted molar refractivity (Wildman–Crippen MR) is 155 cm³/mol. The number of ether oxygens (including phenoxy) is 1. The molecule has 0 aromatic carbocycles. The Kier molecular flexibility index (Phi) is 10.6. The number of unbranched alkanes of at least 4 members (excludes halogenated alkanes) is 1. The third-order valence-electron chi connectivity index (χ3n) is 12.2. The number of nitrogens with two attached hydrogens (primary N) is 1. The van der Waals surface area contributed by atoms with E-state index in [0.717, 1.165) is 45.4 Å². The lowest BCUT2D eigenvalue weighted by molar-refractivity contribution is -0.167. The first-order valence-electron chi connectivity index (χ1n) is 16.1. The fourth-order valence-corrected chi connectivity index (χ4v) is 10.1. The maximum atomic E-state index is 11.8. The van der Waals surface area contributed by atoms with E-state index in [1.165, 1.54) is 64.9 Å². The number of carbonyl (C=O) groups excluding carboxylic acids is 1. The van der Waals surface area contributed by atoms with Crippen molar-refractivity contribution in [2.45, 2.75) is 116 Å². The average molecular weight is 534 g/mol. The van der Waals surface area contributed by atoms with Crippen molar-refractivity contribution in [1.82, 2.24) is 10.6 Å². The van der Waals surface area contributed by atoms with E-state index >= 15 is 0 Å². The smallest absolute Gasteiger partial charge is 0.305 e. The SMILES string of the molecule is COC(=O)CCC(C)[C@H]1CCC2C3C(CC[C@@]21C)[C@@]1(C)CC[C@H](NCCCNCCCCN)C[C@H]1C[C@H]3O. The molecule has 0 aromatic heterocycles. The molecule has 0 amide bonds. The summed E-state index contributed by atoms with van der Waals surface area (Å²) in [6.07, 6.45) is 14.7. The molecule has 4 saturated carbocycles. The van der Waals surface area contributed by atoms with Crippen LogP contribution in [-0.2, 0) is 9.53 Å². The fraction of sp³-hybridized carbons (Fsp3) is 0.969. The Morgan fingerprint density at radius 2 is 1.74 bits per heavy atom. The number of fused-ring (bicyclic) bond motifs is 5. The highest BCUT2D eigenvalue weighted by Gasteiger charge is 2.62. The molecule has 0 radical (unpaired) electrons. The molecule has 0 aliphatic heterocycles. The third-order valence-corrected chi connectivity index (χ3v) is 12.2. The lowest BCUT2D eigenvalue weighted by atomic mass is 9.43. The number of carbonyl (C=O) groups is 1. The minimum absolute atomic E-state index is 0.0815. The molecule has 0 saturated heterocycles. The van der Waals surface area contributed by atoms with Gasteiger partial charge in [-0.1, -0.05) is 20.8 Å². The molecular formula is C32H59N3O3. The van der Waals surface area contributed by atoms with Crippen LogP contribution < -0.4 is 16.4 Å². The molecular weight excluding hydrogens is 474 g/mol. The molecule has 0 spiro atoms. The number of aliphatic hydroxyl groups excluding tert-OH is 1. The lowest BCUT2D eigenvalue weighted by Crippen LogP contribution is -2.59. The molecule has 4 unspecified atom stereocenters. The maximum Gasteiger partial charge on any atom is 0.305 e. The summed E-state index contributed by atoms with van der Waals surface area (Å²) in [5.74, 6) is 3.51. The van der Waals surface area contributed by atoms with E-state index in [1.54, 1.807) is 0 Å². The van der Waals surface area contributed by atoms with Gasteiger partial charge in [-0.3, -0.25) is 4.79 Å². The summed E-state index contributed by atoms with van der Waals surface area (Å²) in [6, 6.07) is 0.606. The van der Waals surface area contributed by atoms with Crippen molar-refractivity contribution in [3.05, 3.63) is 0 Å². The molecule has 6 nitrogen and oxygen atoms in total. The largest absolute Gasteiger partial charge is 0.469 e. The fourth-order valence-electron chi connectivity index (χ4n) is 10.1. The van der Waals surface area contributed by atoms with E-state index in [9.17, 15) is 9.90 Å². The normalized spacial score (nSPS) is 41.2. The van der Waals surface area contributed by atoms with Gasteiger partial charge in [-0.05, 0) is 150 Å². The van der Waals surface area contributed by atoms with Crippen LogP contribution in [0.1, 0.15) is 104 Å². The zero-order valence-corrected chi connectivity index (χ0v) is 25.0. The van der Waals surface area contributed by atoms with Gasteiger partial charge in [0.2, 0.25) is 0 Å². The first-order chi connectivity index (χ1) is 18.2. The lowest BCUT2D eigenvalue weighted by Gasteiger charge is -2.62. The Balaban J connectivity index is 1.31. The van der Waals surface area contributed by atoms with Crippen molar-refractivity contribution in [2.24, 2.45) is 52.1 Å². The van der Waals surface area contributed by atoms with E-state index < -0.39 is 0 Å². The number of rotatable bonds is 13. The van der Waals surface area contributed by atoms with Crippen LogP contribution in [0.25, 0.3) is 0 Å². The second-order valence-electron chi connectivity index (χ2n) is 14.1. The van der Waals surface area contributed by atoms with Crippen LogP contribution in [0.3, 0.4) is 0 Å². The highest BCUT2D eigenvalue weighted by Crippen LogP contribution is 2.68. The number of hydrogen-bond acceptors (Lipinski definition) is 6.